The van der Waals surface area contributed by atoms with Crippen LogP contribution in [0.3, 0.4) is 0 Å². The van der Waals surface area contributed by atoms with Crippen LogP contribution in [0.15, 0.2) is 18.2 Å². The molecule has 1 atom stereocenters. The molecular weight excluding hydrogens is 345 g/mol. The number of urea groups is 1. The van der Waals surface area contributed by atoms with Gasteiger partial charge in [-0.25, -0.2) is 10.2 Å². The molecule has 0 radical (unpaired) electrons. The fourth-order valence-corrected chi connectivity index (χ4v) is 2.68. The van der Waals surface area contributed by atoms with Crippen LogP contribution in [-0.4, -0.2) is 30.5 Å². The summed E-state index contributed by atoms with van der Waals surface area (Å²) in [5.41, 5.74) is 4.09. The van der Waals surface area contributed by atoms with Crippen LogP contribution >= 0.6 is 23.2 Å². The third-order valence-corrected chi connectivity index (χ3v) is 4.79. The summed E-state index contributed by atoms with van der Waals surface area (Å²) in [6.07, 6.45) is 0.327. The van der Waals surface area contributed by atoms with Crippen LogP contribution in [0.5, 0.6) is 11.5 Å². The molecular formula is C14H17Cl2N3O4. The molecule has 2 rings (SSSR count). The van der Waals surface area contributed by atoms with Crippen molar-refractivity contribution in [3.8, 4) is 11.5 Å². The SMILES string of the molecule is COc1ccc(NC(=O)NNC(=O)C2(C)CC2(Cl)Cl)cc1OC. The molecule has 1 unspecified atom stereocenters. The second-order valence-electron chi connectivity index (χ2n) is 5.32. The predicted octanol–water partition coefficient (Wildman–Crippen LogP) is 2.44. The Morgan fingerprint density at radius 1 is 1.13 bits per heavy atom. The Morgan fingerprint density at radius 3 is 2.26 bits per heavy atom. The Labute approximate surface area is 143 Å². The highest BCUT2D eigenvalue weighted by molar-refractivity contribution is 6.53. The van der Waals surface area contributed by atoms with E-state index in [0.717, 1.165) is 0 Å². The number of hydrogen-bond acceptors (Lipinski definition) is 4. The molecule has 9 heteroatoms. The van der Waals surface area contributed by atoms with Gasteiger partial charge in [-0.2, -0.15) is 0 Å². The number of halogens is 2. The number of carbonyl (C=O) groups is 2. The molecule has 126 valence electrons. The molecule has 0 aromatic heterocycles. The Kier molecular flexibility index (Phi) is 4.81. The highest BCUT2D eigenvalue weighted by Gasteiger charge is 2.68. The van der Waals surface area contributed by atoms with Gasteiger partial charge in [-0.15, -0.1) is 23.2 Å². The van der Waals surface area contributed by atoms with Gasteiger partial charge in [0.15, 0.2) is 11.5 Å². The minimum Gasteiger partial charge on any atom is -0.493 e. The second kappa shape index (κ2) is 6.33. The lowest BCUT2D eigenvalue weighted by Gasteiger charge is -2.14. The van der Waals surface area contributed by atoms with E-state index < -0.39 is 21.7 Å². The summed E-state index contributed by atoms with van der Waals surface area (Å²) in [5.74, 6) is 0.549. The van der Waals surface area contributed by atoms with E-state index in [4.69, 9.17) is 32.7 Å². The van der Waals surface area contributed by atoms with E-state index in [-0.39, 0.29) is 0 Å². The number of ether oxygens (including phenoxy) is 2. The van der Waals surface area contributed by atoms with Gasteiger partial charge in [-0.3, -0.25) is 10.2 Å². The molecule has 1 aliphatic carbocycles. The maximum absolute atomic E-state index is 11.9. The van der Waals surface area contributed by atoms with E-state index in [1.54, 1.807) is 25.1 Å². The Balaban J connectivity index is 1.89. The third-order valence-electron chi connectivity index (χ3n) is 3.69. The van der Waals surface area contributed by atoms with Gasteiger partial charge in [-0.05, 0) is 25.5 Å². The second-order valence-corrected chi connectivity index (χ2v) is 6.80. The maximum atomic E-state index is 11.9. The normalized spacial score (nSPS) is 21.1. The molecule has 0 spiro atoms. The zero-order chi connectivity index (χ0) is 17.3. The number of anilines is 1. The number of hydrazine groups is 1. The Morgan fingerprint density at radius 2 is 1.74 bits per heavy atom. The summed E-state index contributed by atoms with van der Waals surface area (Å²) in [4.78, 5) is 23.7. The van der Waals surface area contributed by atoms with Gasteiger partial charge in [0.05, 0.1) is 19.6 Å². The highest BCUT2D eigenvalue weighted by Crippen LogP contribution is 2.63. The number of amides is 3. The lowest BCUT2D eigenvalue weighted by Crippen LogP contribution is -2.47. The number of hydrogen-bond donors (Lipinski definition) is 3. The molecule has 1 aliphatic rings. The molecule has 23 heavy (non-hydrogen) atoms. The minimum atomic E-state index is -1.10. The number of nitrogens with one attached hydrogen (secondary N) is 3. The van der Waals surface area contributed by atoms with Crippen LogP contribution in [0.4, 0.5) is 10.5 Å². The van der Waals surface area contributed by atoms with Crippen molar-refractivity contribution in [3.63, 3.8) is 0 Å². The van der Waals surface area contributed by atoms with Gasteiger partial charge < -0.3 is 14.8 Å². The summed E-state index contributed by atoms with van der Waals surface area (Å²) >= 11 is 11.8. The minimum absolute atomic E-state index is 0.327. The molecule has 1 saturated carbocycles. The number of benzene rings is 1. The van der Waals surface area contributed by atoms with Crippen molar-refractivity contribution < 1.29 is 19.1 Å². The topological polar surface area (TPSA) is 88.7 Å². The molecule has 0 aliphatic heterocycles. The maximum Gasteiger partial charge on any atom is 0.337 e. The summed E-state index contributed by atoms with van der Waals surface area (Å²) in [7, 11) is 3.00. The third kappa shape index (κ3) is 3.56. The lowest BCUT2D eigenvalue weighted by atomic mass is 10.1. The summed E-state index contributed by atoms with van der Waals surface area (Å²) in [6, 6.07) is 4.25. The van der Waals surface area contributed by atoms with Gasteiger partial charge in [0.2, 0.25) is 5.91 Å². The van der Waals surface area contributed by atoms with E-state index in [0.29, 0.717) is 23.6 Å². The van der Waals surface area contributed by atoms with Crippen LogP contribution < -0.4 is 25.6 Å². The Bertz CT molecular complexity index is 638. The molecule has 3 N–H and O–H groups in total. The van der Waals surface area contributed by atoms with Crippen LogP contribution in [0.1, 0.15) is 13.3 Å². The smallest absolute Gasteiger partial charge is 0.337 e. The van der Waals surface area contributed by atoms with E-state index in [1.807, 2.05) is 0 Å². The summed E-state index contributed by atoms with van der Waals surface area (Å²) in [6.45, 7) is 1.62. The highest BCUT2D eigenvalue weighted by atomic mass is 35.5. The molecule has 3 amide bonds. The zero-order valence-electron chi connectivity index (χ0n) is 12.8. The van der Waals surface area contributed by atoms with Crippen molar-refractivity contribution in [1.29, 1.82) is 0 Å². The first-order valence-corrected chi connectivity index (χ1v) is 7.46. The predicted molar refractivity (Wildman–Crippen MR) is 87.0 cm³/mol. The van der Waals surface area contributed by atoms with Crippen LogP contribution in [0.2, 0.25) is 0 Å². The summed E-state index contributed by atoms with van der Waals surface area (Å²) in [5, 5.41) is 2.55. The molecule has 0 heterocycles. The molecule has 1 fully saturated rings. The average Bonchev–Trinajstić information content (AvgIpc) is 3.04. The van der Waals surface area contributed by atoms with Crippen molar-refractivity contribution in [1.82, 2.24) is 10.9 Å². The van der Waals surface area contributed by atoms with Crippen molar-refractivity contribution in [2.24, 2.45) is 5.41 Å². The van der Waals surface area contributed by atoms with Crippen LogP contribution in [-0.2, 0) is 4.79 Å². The zero-order valence-corrected chi connectivity index (χ0v) is 14.3. The van der Waals surface area contributed by atoms with E-state index >= 15 is 0 Å². The van der Waals surface area contributed by atoms with E-state index in [9.17, 15) is 9.59 Å². The van der Waals surface area contributed by atoms with Crippen molar-refractivity contribution in [3.05, 3.63) is 18.2 Å². The first-order chi connectivity index (χ1) is 10.7. The van der Waals surface area contributed by atoms with Crippen molar-refractivity contribution in [2.45, 2.75) is 17.7 Å². The van der Waals surface area contributed by atoms with Crippen LogP contribution in [0.25, 0.3) is 0 Å². The van der Waals surface area contributed by atoms with E-state index in [2.05, 4.69) is 16.2 Å². The molecule has 1 aromatic carbocycles. The quantitative estimate of drug-likeness (QED) is 0.567. The van der Waals surface area contributed by atoms with Crippen LogP contribution in [0, 0.1) is 5.41 Å². The number of rotatable bonds is 4. The monoisotopic (exact) mass is 361 g/mol. The summed E-state index contributed by atoms with van der Waals surface area (Å²) < 4.78 is 9.14. The molecule has 0 saturated heterocycles. The fourth-order valence-electron chi connectivity index (χ4n) is 1.97. The largest absolute Gasteiger partial charge is 0.493 e. The Hall–Kier alpha value is -1.86. The molecule has 1 aromatic rings. The van der Waals surface area contributed by atoms with Crippen molar-refractivity contribution in [2.75, 3.05) is 19.5 Å². The van der Waals surface area contributed by atoms with E-state index in [1.165, 1.54) is 14.2 Å². The number of alkyl halides is 2. The van der Waals surface area contributed by atoms with Gasteiger partial charge in [0, 0.05) is 11.8 Å². The van der Waals surface area contributed by atoms with Gasteiger partial charge in [-0.1, -0.05) is 0 Å². The average molecular weight is 362 g/mol. The first-order valence-electron chi connectivity index (χ1n) is 6.71. The van der Waals surface area contributed by atoms with Gasteiger partial charge in [0.25, 0.3) is 0 Å². The number of methoxy groups -OCH3 is 2. The number of carbonyl (C=O) groups excluding carboxylic acids is 2. The fraction of sp³-hybridized carbons (Fsp3) is 0.429. The molecule has 7 nitrogen and oxygen atoms in total. The van der Waals surface area contributed by atoms with Gasteiger partial charge >= 0.3 is 6.03 Å². The van der Waals surface area contributed by atoms with Crippen molar-refractivity contribution >= 4 is 40.8 Å². The standard InChI is InChI=1S/C14H17Cl2N3O4/c1-13(7-14(13,15)16)11(20)18-19-12(21)17-8-4-5-9(22-2)10(6-8)23-3/h4-6H,7H2,1-3H3,(H,18,20)(H2,17,19,21). The lowest BCUT2D eigenvalue weighted by molar-refractivity contribution is -0.126. The first kappa shape index (κ1) is 17.5. The molecule has 0 bridgehead atoms. The van der Waals surface area contributed by atoms with Gasteiger partial charge in [0.1, 0.15) is 4.33 Å².